The molecule has 6 heteroatoms. The van der Waals surface area contributed by atoms with Gasteiger partial charge in [0.15, 0.2) is 0 Å². The van der Waals surface area contributed by atoms with Gasteiger partial charge in [0.2, 0.25) is 0 Å². The molecule has 0 bridgehead atoms. The van der Waals surface area contributed by atoms with Crippen LogP contribution >= 0.6 is 11.6 Å². The lowest BCUT2D eigenvalue weighted by molar-refractivity contribution is -0.137. The maximum Gasteiger partial charge on any atom is 0.379 e. The summed E-state index contributed by atoms with van der Waals surface area (Å²) in [7, 11) is 0. The van der Waals surface area contributed by atoms with Gasteiger partial charge in [-0.1, -0.05) is 29.3 Å². The van der Waals surface area contributed by atoms with Crippen molar-refractivity contribution in [3.8, 4) is 11.5 Å². The number of aryl methyl sites for hydroxylation is 1. The molecule has 0 heterocycles. The number of carbonyl (C=O) groups is 2. The lowest BCUT2D eigenvalue weighted by Crippen LogP contribution is -2.18. The molecule has 0 aliphatic heterocycles. The fraction of sp³-hybridized carbons (Fsp3) is 0.176. The normalized spacial score (nSPS) is 10.3. The zero-order valence-electron chi connectivity index (χ0n) is 12.6. The second-order valence-corrected chi connectivity index (χ2v) is 5.13. The van der Waals surface area contributed by atoms with Crippen LogP contribution in [0.3, 0.4) is 0 Å². The molecule has 2 aromatic carbocycles. The fourth-order valence-corrected chi connectivity index (χ4v) is 2.01. The highest BCUT2D eigenvalue weighted by atomic mass is 35.5. The maximum atomic E-state index is 13.9. The minimum absolute atomic E-state index is 0.0107. The van der Waals surface area contributed by atoms with Gasteiger partial charge in [0.1, 0.15) is 17.3 Å². The topological polar surface area (TPSA) is 52.6 Å². The summed E-state index contributed by atoms with van der Waals surface area (Å²) >= 11 is 5.94. The lowest BCUT2D eigenvalue weighted by atomic mass is 10.1. The third-order valence-corrected chi connectivity index (χ3v) is 3.27. The van der Waals surface area contributed by atoms with Gasteiger partial charge in [0.05, 0.1) is 17.2 Å². The Bertz CT molecular complexity index is 741. The smallest absolute Gasteiger partial charge is 0.379 e. The molecule has 0 unspecified atom stereocenters. The molecular weight excluding hydrogens is 323 g/mol. The highest BCUT2D eigenvalue weighted by molar-refractivity contribution is 6.41. The Morgan fingerprint density at radius 2 is 1.83 bits per heavy atom. The molecule has 0 N–H and O–H groups in total. The first kappa shape index (κ1) is 17.0. The Hall–Kier alpha value is -2.40. The van der Waals surface area contributed by atoms with E-state index in [-0.39, 0.29) is 17.4 Å². The molecule has 2 aromatic rings. The van der Waals surface area contributed by atoms with Crippen LogP contribution in [-0.2, 0) is 9.53 Å². The number of rotatable bonds is 5. The van der Waals surface area contributed by atoms with Crippen LogP contribution in [0.5, 0.6) is 11.5 Å². The lowest BCUT2D eigenvalue weighted by Gasteiger charge is -2.10. The zero-order valence-corrected chi connectivity index (χ0v) is 13.3. The standard InChI is InChI=1S/C17H14ClFO4/c1-3-22-17(21)16(20)12-8-15(13(18)9-14(12)19)23-11-6-4-10(2)5-7-11/h4-9H,3H2,1-2H3. The number of esters is 1. The van der Waals surface area contributed by atoms with Gasteiger partial charge in [-0.3, -0.25) is 4.79 Å². The molecule has 120 valence electrons. The van der Waals surface area contributed by atoms with Gasteiger partial charge < -0.3 is 9.47 Å². The number of benzene rings is 2. The summed E-state index contributed by atoms with van der Waals surface area (Å²) in [6, 6.07) is 9.10. The van der Waals surface area contributed by atoms with Gasteiger partial charge in [0.25, 0.3) is 5.78 Å². The predicted octanol–water partition coefficient (Wildman–Crippen LogP) is 4.33. The van der Waals surface area contributed by atoms with Crippen molar-refractivity contribution in [1.82, 2.24) is 0 Å². The predicted molar refractivity (Wildman–Crippen MR) is 83.6 cm³/mol. The number of hydrogen-bond donors (Lipinski definition) is 0. The number of ether oxygens (including phenoxy) is 2. The van der Waals surface area contributed by atoms with Gasteiger partial charge in [-0.25, -0.2) is 9.18 Å². The Morgan fingerprint density at radius 1 is 1.17 bits per heavy atom. The largest absolute Gasteiger partial charge is 0.460 e. The number of carbonyl (C=O) groups excluding carboxylic acids is 2. The maximum absolute atomic E-state index is 13.9. The summed E-state index contributed by atoms with van der Waals surface area (Å²) in [5.74, 6) is -2.59. The van der Waals surface area contributed by atoms with E-state index in [1.165, 1.54) is 0 Å². The summed E-state index contributed by atoms with van der Waals surface area (Å²) in [6.45, 7) is 3.49. The first-order chi connectivity index (χ1) is 10.9. The highest BCUT2D eigenvalue weighted by Gasteiger charge is 2.23. The van der Waals surface area contributed by atoms with E-state index in [0.717, 1.165) is 17.7 Å². The van der Waals surface area contributed by atoms with E-state index < -0.39 is 23.1 Å². The van der Waals surface area contributed by atoms with Crippen LogP contribution in [0.1, 0.15) is 22.8 Å². The molecule has 0 spiro atoms. The summed E-state index contributed by atoms with van der Waals surface area (Å²) in [4.78, 5) is 23.4. The summed E-state index contributed by atoms with van der Waals surface area (Å²) in [5.41, 5.74) is 0.593. The molecule has 23 heavy (non-hydrogen) atoms. The highest BCUT2D eigenvalue weighted by Crippen LogP contribution is 2.32. The van der Waals surface area contributed by atoms with Gasteiger partial charge >= 0.3 is 5.97 Å². The van der Waals surface area contributed by atoms with Crippen LogP contribution in [0, 0.1) is 12.7 Å². The number of Topliss-reactive ketones (excluding diaryl/α,β-unsaturated/α-hetero) is 1. The second kappa shape index (κ2) is 7.24. The molecular formula is C17H14ClFO4. The quantitative estimate of drug-likeness (QED) is 0.463. The van der Waals surface area contributed by atoms with E-state index in [1.807, 2.05) is 19.1 Å². The van der Waals surface area contributed by atoms with Gasteiger partial charge in [0, 0.05) is 0 Å². The van der Waals surface area contributed by atoms with E-state index >= 15 is 0 Å². The SMILES string of the molecule is CCOC(=O)C(=O)c1cc(Oc2ccc(C)cc2)c(Cl)cc1F. The molecule has 0 aromatic heterocycles. The van der Waals surface area contributed by atoms with Crippen molar-refractivity contribution in [3.05, 3.63) is 58.4 Å². The van der Waals surface area contributed by atoms with Gasteiger partial charge in [-0.05, 0) is 38.1 Å². The molecule has 0 aliphatic carbocycles. The van der Waals surface area contributed by atoms with Crippen molar-refractivity contribution in [3.63, 3.8) is 0 Å². The number of halogens is 2. The Morgan fingerprint density at radius 3 is 2.43 bits per heavy atom. The van der Waals surface area contributed by atoms with Crippen LogP contribution in [0.25, 0.3) is 0 Å². The van der Waals surface area contributed by atoms with E-state index in [4.69, 9.17) is 16.3 Å². The molecule has 0 atom stereocenters. The van der Waals surface area contributed by atoms with Crippen molar-refractivity contribution in [2.24, 2.45) is 0 Å². The Balaban J connectivity index is 2.34. The van der Waals surface area contributed by atoms with Crippen molar-refractivity contribution in [2.45, 2.75) is 13.8 Å². The van der Waals surface area contributed by atoms with Crippen molar-refractivity contribution < 1.29 is 23.5 Å². The number of hydrogen-bond acceptors (Lipinski definition) is 4. The van der Waals surface area contributed by atoms with Crippen LogP contribution in [0.4, 0.5) is 4.39 Å². The van der Waals surface area contributed by atoms with E-state index in [0.29, 0.717) is 5.75 Å². The summed E-state index contributed by atoms with van der Waals surface area (Å²) in [5, 5.41) is -0.0107. The minimum atomic E-state index is -1.13. The Labute approximate surface area is 137 Å². The fourth-order valence-electron chi connectivity index (χ4n) is 1.82. The second-order valence-electron chi connectivity index (χ2n) is 4.73. The molecule has 0 fully saturated rings. The molecule has 2 rings (SSSR count). The van der Waals surface area contributed by atoms with Crippen molar-refractivity contribution >= 4 is 23.4 Å². The van der Waals surface area contributed by atoms with Crippen LogP contribution in [-0.4, -0.2) is 18.4 Å². The Kier molecular flexibility index (Phi) is 5.34. The van der Waals surface area contributed by atoms with E-state index in [2.05, 4.69) is 4.74 Å². The molecule has 4 nitrogen and oxygen atoms in total. The first-order valence-corrected chi connectivity index (χ1v) is 7.25. The number of ketones is 1. The van der Waals surface area contributed by atoms with Crippen molar-refractivity contribution in [2.75, 3.05) is 6.61 Å². The molecule has 0 amide bonds. The molecule has 0 saturated carbocycles. The first-order valence-electron chi connectivity index (χ1n) is 6.87. The molecule has 0 saturated heterocycles. The molecule has 0 aliphatic rings. The molecule has 0 radical (unpaired) electrons. The van der Waals surface area contributed by atoms with Gasteiger partial charge in [-0.15, -0.1) is 0 Å². The summed E-state index contributed by atoms with van der Waals surface area (Å²) < 4.78 is 24.0. The minimum Gasteiger partial charge on any atom is -0.460 e. The average Bonchev–Trinajstić information content (AvgIpc) is 2.51. The van der Waals surface area contributed by atoms with E-state index in [9.17, 15) is 14.0 Å². The summed E-state index contributed by atoms with van der Waals surface area (Å²) in [6.07, 6.45) is 0. The van der Waals surface area contributed by atoms with Crippen LogP contribution < -0.4 is 4.74 Å². The van der Waals surface area contributed by atoms with E-state index in [1.54, 1.807) is 19.1 Å². The van der Waals surface area contributed by atoms with Crippen LogP contribution in [0.15, 0.2) is 36.4 Å². The van der Waals surface area contributed by atoms with Gasteiger partial charge in [-0.2, -0.15) is 0 Å². The average molecular weight is 337 g/mol. The zero-order chi connectivity index (χ0) is 17.0. The van der Waals surface area contributed by atoms with Crippen molar-refractivity contribution in [1.29, 1.82) is 0 Å². The third kappa shape index (κ3) is 4.07. The third-order valence-electron chi connectivity index (χ3n) is 2.98. The van der Waals surface area contributed by atoms with Crippen LogP contribution in [0.2, 0.25) is 5.02 Å². The monoisotopic (exact) mass is 336 g/mol.